The molecule has 5 aliphatic carbocycles. The molecule has 5 aliphatic rings. The van der Waals surface area contributed by atoms with Crippen LogP contribution >= 0.6 is 0 Å². The largest absolute Gasteiger partial charge is 0.489 e. The van der Waals surface area contributed by atoms with Gasteiger partial charge in [-0.2, -0.15) is 0 Å². The summed E-state index contributed by atoms with van der Waals surface area (Å²) in [5, 5.41) is 0. The van der Waals surface area contributed by atoms with E-state index in [0.717, 1.165) is 60.7 Å². The van der Waals surface area contributed by atoms with Gasteiger partial charge in [0, 0.05) is 5.56 Å². The average molecular weight is 513 g/mol. The molecule has 0 aliphatic heterocycles. The van der Waals surface area contributed by atoms with E-state index in [0.29, 0.717) is 36.2 Å². The van der Waals surface area contributed by atoms with Gasteiger partial charge in [-0.05, 0) is 101 Å². The van der Waals surface area contributed by atoms with Crippen molar-refractivity contribution in [2.24, 2.45) is 29.6 Å². The molecular weight excluding hydrogens is 464 g/mol. The summed E-state index contributed by atoms with van der Waals surface area (Å²) < 4.78 is 33.1. The third-order valence-corrected chi connectivity index (χ3v) is 9.95. The molecule has 0 saturated heterocycles. The Hall–Kier alpha value is -1.78. The summed E-state index contributed by atoms with van der Waals surface area (Å²) in [6.07, 6.45) is 19.1. The molecule has 206 valence electrons. The molecule has 37 heavy (non-hydrogen) atoms. The quantitative estimate of drug-likeness (QED) is 0.239. The van der Waals surface area contributed by atoms with E-state index in [2.05, 4.69) is 6.92 Å². The van der Waals surface area contributed by atoms with Crippen LogP contribution in [0.4, 0.5) is 0 Å². The number of rotatable bonds is 15. The average Bonchev–Trinajstić information content (AvgIpc) is 2.73. The van der Waals surface area contributed by atoms with Gasteiger partial charge in [-0.25, -0.2) is 0 Å². The molecule has 0 spiro atoms. The lowest BCUT2D eigenvalue weighted by molar-refractivity contribution is 0.124. The predicted molar refractivity (Wildman–Crippen MR) is 145 cm³/mol. The highest BCUT2D eigenvalue weighted by atomic mass is 16.6. The highest BCUT2D eigenvalue weighted by Gasteiger charge is 2.33. The van der Waals surface area contributed by atoms with E-state index in [-0.39, 0.29) is 0 Å². The van der Waals surface area contributed by atoms with Gasteiger partial charge in [0.05, 0.1) is 33.0 Å². The zero-order chi connectivity index (χ0) is 25.0. The Balaban J connectivity index is 1.34. The van der Waals surface area contributed by atoms with Crippen LogP contribution in [-0.4, -0.2) is 33.0 Å². The van der Waals surface area contributed by atoms with Crippen molar-refractivity contribution in [2.45, 2.75) is 103 Å². The topological polar surface area (TPSA) is 46.2 Å². The minimum atomic E-state index is 0.624. The highest BCUT2D eigenvalue weighted by Crippen LogP contribution is 2.55. The molecule has 5 saturated carbocycles. The van der Waals surface area contributed by atoms with E-state index in [1.807, 2.05) is 0 Å². The molecule has 0 amide bonds. The molecule has 0 bridgehead atoms. The summed E-state index contributed by atoms with van der Waals surface area (Å²) in [6, 6.07) is 0. The van der Waals surface area contributed by atoms with E-state index in [4.69, 9.17) is 23.7 Å². The first-order chi connectivity index (χ1) is 18.2. The maximum atomic E-state index is 6.66. The molecule has 0 N–H and O–H groups in total. The zero-order valence-corrected chi connectivity index (χ0v) is 23.1. The van der Waals surface area contributed by atoms with Gasteiger partial charge >= 0.3 is 0 Å². The number of benzene rings is 1. The Bertz CT molecular complexity index is 832. The Morgan fingerprint density at radius 1 is 0.378 bits per heavy atom. The number of hydrogen-bond acceptors (Lipinski definition) is 5. The maximum absolute atomic E-state index is 6.66. The summed E-state index contributed by atoms with van der Waals surface area (Å²) in [5.74, 6) is 7.11. The summed E-state index contributed by atoms with van der Waals surface area (Å²) in [6.45, 7) is 5.79. The first-order valence-corrected chi connectivity index (χ1v) is 15.6. The first kappa shape index (κ1) is 25.5. The fourth-order valence-corrected chi connectivity index (χ4v) is 5.80. The molecule has 0 atom stereocenters. The van der Waals surface area contributed by atoms with Crippen LogP contribution < -0.4 is 23.7 Å². The molecule has 5 nitrogen and oxygen atoms in total. The van der Waals surface area contributed by atoms with Crippen LogP contribution in [0.1, 0.15) is 102 Å². The van der Waals surface area contributed by atoms with Gasteiger partial charge in [0.15, 0.2) is 11.5 Å². The fraction of sp³-hybridized carbons (Fsp3) is 0.812. The van der Waals surface area contributed by atoms with Crippen molar-refractivity contribution < 1.29 is 23.7 Å². The lowest BCUT2D eigenvalue weighted by atomic mass is 9.86. The highest BCUT2D eigenvalue weighted by molar-refractivity contribution is 5.70. The second kappa shape index (κ2) is 11.9. The molecule has 0 aromatic heterocycles. The van der Waals surface area contributed by atoms with Crippen LogP contribution in [0.3, 0.4) is 0 Å². The Morgan fingerprint density at radius 2 is 0.595 bits per heavy atom. The Morgan fingerprint density at radius 3 is 0.811 bits per heavy atom. The molecule has 1 aromatic carbocycles. The van der Waals surface area contributed by atoms with Crippen molar-refractivity contribution in [3.63, 3.8) is 0 Å². The molecule has 6 rings (SSSR count). The van der Waals surface area contributed by atoms with Gasteiger partial charge < -0.3 is 23.7 Å². The van der Waals surface area contributed by atoms with Gasteiger partial charge in [0.25, 0.3) is 0 Å². The van der Waals surface area contributed by atoms with Crippen molar-refractivity contribution in [1.29, 1.82) is 0 Å². The predicted octanol–water partition coefficient (Wildman–Crippen LogP) is 7.89. The molecule has 5 fully saturated rings. The second-order valence-corrected chi connectivity index (χ2v) is 12.8. The smallest absolute Gasteiger partial charge is 0.211 e. The standard InChI is InChI=1S/C32H48O5/c1-22-28(33-17-23-7-2-8-23)30(35-19-25-11-4-12-25)32(37-21-27-15-6-16-27)31(36-20-26-13-5-14-26)29(22)34-18-24-9-3-10-24/h23-27H,2-21H2,1H3. The van der Waals surface area contributed by atoms with Crippen LogP contribution in [0, 0.1) is 36.5 Å². The van der Waals surface area contributed by atoms with Crippen LogP contribution in [0.25, 0.3) is 0 Å². The van der Waals surface area contributed by atoms with Crippen LogP contribution in [-0.2, 0) is 0 Å². The van der Waals surface area contributed by atoms with Crippen LogP contribution in [0.5, 0.6) is 28.7 Å². The molecule has 5 heteroatoms. The van der Waals surface area contributed by atoms with Crippen molar-refractivity contribution in [1.82, 2.24) is 0 Å². The van der Waals surface area contributed by atoms with E-state index in [1.165, 1.54) is 96.3 Å². The zero-order valence-electron chi connectivity index (χ0n) is 23.1. The van der Waals surface area contributed by atoms with Crippen LogP contribution in [0.15, 0.2) is 0 Å². The van der Waals surface area contributed by atoms with Crippen molar-refractivity contribution in [3.8, 4) is 28.7 Å². The summed E-state index contributed by atoms with van der Waals surface area (Å²) in [7, 11) is 0. The maximum Gasteiger partial charge on any atom is 0.211 e. The molecular formula is C32H48O5. The summed E-state index contributed by atoms with van der Waals surface area (Å²) in [5.41, 5.74) is 1.02. The van der Waals surface area contributed by atoms with E-state index < -0.39 is 0 Å². The Kier molecular flexibility index (Phi) is 8.23. The van der Waals surface area contributed by atoms with E-state index in [1.54, 1.807) is 0 Å². The van der Waals surface area contributed by atoms with Crippen molar-refractivity contribution in [3.05, 3.63) is 5.56 Å². The van der Waals surface area contributed by atoms with Gasteiger partial charge in [-0.1, -0.05) is 32.1 Å². The fourth-order valence-electron chi connectivity index (χ4n) is 5.80. The Labute approximate surface area is 223 Å². The van der Waals surface area contributed by atoms with Gasteiger partial charge in [-0.3, -0.25) is 0 Å². The van der Waals surface area contributed by atoms with Crippen molar-refractivity contribution in [2.75, 3.05) is 33.0 Å². The monoisotopic (exact) mass is 512 g/mol. The molecule has 0 heterocycles. The second-order valence-electron chi connectivity index (χ2n) is 12.8. The first-order valence-electron chi connectivity index (χ1n) is 15.6. The number of hydrogen-bond donors (Lipinski definition) is 0. The van der Waals surface area contributed by atoms with E-state index in [9.17, 15) is 0 Å². The van der Waals surface area contributed by atoms with Gasteiger partial charge in [0.1, 0.15) is 0 Å². The lowest BCUT2D eigenvalue weighted by Crippen LogP contribution is -2.25. The number of ether oxygens (including phenoxy) is 5. The molecule has 1 aromatic rings. The van der Waals surface area contributed by atoms with E-state index >= 15 is 0 Å². The third-order valence-electron chi connectivity index (χ3n) is 9.95. The van der Waals surface area contributed by atoms with Crippen molar-refractivity contribution >= 4 is 0 Å². The molecule has 0 unspecified atom stereocenters. The minimum Gasteiger partial charge on any atom is -0.489 e. The SMILES string of the molecule is Cc1c(OCC2CCC2)c(OCC2CCC2)c(OCC2CCC2)c(OCC2CCC2)c1OCC1CCC1. The lowest BCUT2D eigenvalue weighted by Gasteiger charge is -2.33. The van der Waals surface area contributed by atoms with Crippen LogP contribution in [0.2, 0.25) is 0 Å². The third kappa shape index (κ3) is 5.96. The van der Waals surface area contributed by atoms with Gasteiger partial charge in [0.2, 0.25) is 17.2 Å². The summed E-state index contributed by atoms with van der Waals surface area (Å²) >= 11 is 0. The van der Waals surface area contributed by atoms with Gasteiger partial charge in [-0.15, -0.1) is 0 Å². The molecule has 0 radical (unpaired) electrons. The summed E-state index contributed by atoms with van der Waals surface area (Å²) in [4.78, 5) is 0. The minimum absolute atomic E-state index is 0.624. The normalized spacial score (nSPS) is 22.7.